The number of hydrogen-bond acceptors (Lipinski definition) is 5. The molecule has 0 spiro atoms. The molecular formula is C11H14ClNO5S. The molecule has 8 heteroatoms. The van der Waals surface area contributed by atoms with Gasteiger partial charge in [0.05, 0.1) is 11.5 Å². The summed E-state index contributed by atoms with van der Waals surface area (Å²) in [5, 5.41) is 10.6. The van der Waals surface area contributed by atoms with E-state index in [4.69, 9.17) is 15.8 Å². The molecule has 0 heterocycles. The van der Waals surface area contributed by atoms with Crippen molar-refractivity contribution in [3.63, 3.8) is 0 Å². The monoisotopic (exact) mass is 307 g/mol. The van der Waals surface area contributed by atoms with Gasteiger partial charge in [0, 0.05) is 6.07 Å². The average Bonchev–Trinajstić information content (AvgIpc) is 2.34. The van der Waals surface area contributed by atoms with Crippen LogP contribution in [0.4, 0.5) is 5.69 Å². The van der Waals surface area contributed by atoms with Crippen LogP contribution in [-0.2, 0) is 14.3 Å². The highest BCUT2D eigenvalue weighted by Gasteiger charge is 2.21. The van der Waals surface area contributed by atoms with Crippen molar-refractivity contribution in [3.8, 4) is 0 Å². The number of nitro groups is 1. The van der Waals surface area contributed by atoms with Gasteiger partial charge in [-0.05, 0) is 18.6 Å². The van der Waals surface area contributed by atoms with Crippen LogP contribution in [0.5, 0.6) is 0 Å². The zero-order valence-electron chi connectivity index (χ0n) is 10.3. The van der Waals surface area contributed by atoms with Gasteiger partial charge in [0.15, 0.2) is 0 Å². The summed E-state index contributed by atoms with van der Waals surface area (Å²) >= 11 is 5.61. The zero-order valence-corrected chi connectivity index (χ0v) is 11.9. The maximum Gasteiger partial charge on any atom is 0.297 e. The highest BCUT2D eigenvalue weighted by molar-refractivity contribution is 7.86. The zero-order chi connectivity index (χ0) is 14.5. The molecule has 0 saturated carbocycles. The standard InChI is InChI=1S/C11H14ClNO5S/c1-2-3-4-7-18-19(16,17)9-5-6-10(12)11(8-9)13(14)15/h5-6,8H,2-4,7H2,1H3. The van der Waals surface area contributed by atoms with E-state index < -0.39 is 20.7 Å². The molecule has 19 heavy (non-hydrogen) atoms. The second-order valence-electron chi connectivity index (χ2n) is 3.85. The van der Waals surface area contributed by atoms with E-state index in [1.807, 2.05) is 6.92 Å². The Morgan fingerprint density at radius 3 is 2.63 bits per heavy atom. The summed E-state index contributed by atoms with van der Waals surface area (Å²) in [7, 11) is -3.98. The minimum absolute atomic E-state index is 0.0621. The second kappa shape index (κ2) is 6.83. The molecule has 0 aromatic heterocycles. The van der Waals surface area contributed by atoms with Gasteiger partial charge in [-0.25, -0.2) is 0 Å². The lowest BCUT2D eigenvalue weighted by Gasteiger charge is -2.05. The maximum atomic E-state index is 11.8. The molecule has 0 aliphatic rings. The van der Waals surface area contributed by atoms with Crippen molar-refractivity contribution >= 4 is 27.4 Å². The normalized spacial score (nSPS) is 11.5. The molecule has 0 unspecified atom stereocenters. The van der Waals surface area contributed by atoms with Crippen LogP contribution < -0.4 is 0 Å². The number of nitrogens with zero attached hydrogens (tertiary/aromatic N) is 1. The van der Waals surface area contributed by atoms with E-state index in [0.29, 0.717) is 6.42 Å². The fourth-order valence-corrected chi connectivity index (χ4v) is 2.53. The van der Waals surface area contributed by atoms with Gasteiger partial charge < -0.3 is 0 Å². The van der Waals surface area contributed by atoms with Gasteiger partial charge in [-0.15, -0.1) is 0 Å². The molecular weight excluding hydrogens is 294 g/mol. The summed E-state index contributed by atoms with van der Waals surface area (Å²) in [5.41, 5.74) is -0.458. The van der Waals surface area contributed by atoms with Gasteiger partial charge in [0.2, 0.25) is 0 Å². The van der Waals surface area contributed by atoms with E-state index in [0.717, 1.165) is 18.9 Å². The Kier molecular flexibility index (Phi) is 5.71. The van der Waals surface area contributed by atoms with Crippen molar-refractivity contribution in [3.05, 3.63) is 33.3 Å². The SMILES string of the molecule is CCCCCOS(=O)(=O)c1ccc(Cl)c([N+](=O)[O-])c1. The first-order chi connectivity index (χ1) is 8.88. The third-order valence-electron chi connectivity index (χ3n) is 2.39. The Hall–Kier alpha value is -1.18. The highest BCUT2D eigenvalue weighted by atomic mass is 35.5. The number of benzene rings is 1. The van der Waals surface area contributed by atoms with Gasteiger partial charge in [-0.3, -0.25) is 14.3 Å². The van der Waals surface area contributed by atoms with Crippen LogP contribution in [0.3, 0.4) is 0 Å². The molecule has 0 fully saturated rings. The first kappa shape index (κ1) is 15.9. The Morgan fingerprint density at radius 1 is 1.37 bits per heavy atom. The Bertz CT molecular complexity index is 558. The van der Waals surface area contributed by atoms with Crippen LogP contribution in [0.15, 0.2) is 23.1 Å². The first-order valence-corrected chi connectivity index (χ1v) is 7.50. The van der Waals surface area contributed by atoms with E-state index in [9.17, 15) is 18.5 Å². The number of halogens is 1. The van der Waals surface area contributed by atoms with Gasteiger partial charge in [-0.1, -0.05) is 31.4 Å². The van der Waals surface area contributed by atoms with Crippen LogP contribution in [0.2, 0.25) is 5.02 Å². The maximum absolute atomic E-state index is 11.8. The quantitative estimate of drug-likeness (QED) is 0.334. The predicted octanol–water partition coefficient (Wildman–Crippen LogP) is 3.14. The van der Waals surface area contributed by atoms with Crippen molar-refractivity contribution in [2.75, 3.05) is 6.61 Å². The van der Waals surface area contributed by atoms with E-state index in [-0.39, 0.29) is 16.5 Å². The molecule has 0 atom stereocenters. The van der Waals surface area contributed by atoms with Gasteiger partial charge in [0.1, 0.15) is 9.92 Å². The lowest BCUT2D eigenvalue weighted by molar-refractivity contribution is -0.384. The van der Waals surface area contributed by atoms with Gasteiger partial charge >= 0.3 is 0 Å². The Balaban J connectivity index is 2.89. The molecule has 0 saturated heterocycles. The molecule has 0 bridgehead atoms. The molecule has 0 amide bonds. The number of hydrogen-bond donors (Lipinski definition) is 0. The van der Waals surface area contributed by atoms with Crippen molar-refractivity contribution in [1.82, 2.24) is 0 Å². The topological polar surface area (TPSA) is 86.5 Å². The average molecular weight is 308 g/mol. The van der Waals surface area contributed by atoms with Crippen molar-refractivity contribution < 1.29 is 17.5 Å². The summed E-state index contributed by atoms with van der Waals surface area (Å²) in [5.74, 6) is 0. The lowest BCUT2D eigenvalue weighted by Crippen LogP contribution is -2.08. The molecule has 0 N–H and O–H groups in total. The Morgan fingerprint density at radius 2 is 2.05 bits per heavy atom. The van der Waals surface area contributed by atoms with Crippen LogP contribution in [0, 0.1) is 10.1 Å². The van der Waals surface area contributed by atoms with Gasteiger partial charge in [-0.2, -0.15) is 8.42 Å². The van der Waals surface area contributed by atoms with E-state index in [2.05, 4.69) is 0 Å². The smallest absolute Gasteiger partial charge is 0.266 e. The predicted molar refractivity (Wildman–Crippen MR) is 70.8 cm³/mol. The molecule has 1 aromatic carbocycles. The van der Waals surface area contributed by atoms with E-state index in [1.54, 1.807) is 0 Å². The minimum atomic E-state index is -3.98. The summed E-state index contributed by atoms with van der Waals surface area (Å²) < 4.78 is 28.4. The van der Waals surface area contributed by atoms with Crippen molar-refractivity contribution in [1.29, 1.82) is 0 Å². The van der Waals surface area contributed by atoms with Crippen LogP contribution in [-0.4, -0.2) is 19.9 Å². The van der Waals surface area contributed by atoms with Crippen LogP contribution >= 0.6 is 11.6 Å². The fraction of sp³-hybridized carbons (Fsp3) is 0.455. The third kappa shape index (κ3) is 4.45. The lowest BCUT2D eigenvalue weighted by atomic mass is 10.3. The molecule has 0 aliphatic heterocycles. The van der Waals surface area contributed by atoms with Crippen LogP contribution in [0.1, 0.15) is 26.2 Å². The second-order valence-corrected chi connectivity index (χ2v) is 5.88. The summed E-state index contributed by atoms with van der Waals surface area (Å²) in [6.45, 7) is 2.05. The Labute approximate surface area is 116 Å². The molecule has 1 rings (SSSR count). The molecule has 106 valence electrons. The summed E-state index contributed by atoms with van der Waals surface area (Å²) in [6, 6.07) is 3.25. The molecule has 0 radical (unpaired) electrons. The van der Waals surface area contributed by atoms with Crippen molar-refractivity contribution in [2.24, 2.45) is 0 Å². The first-order valence-electron chi connectivity index (χ1n) is 5.72. The highest BCUT2D eigenvalue weighted by Crippen LogP contribution is 2.27. The molecule has 0 aliphatic carbocycles. The number of rotatable bonds is 7. The van der Waals surface area contributed by atoms with Crippen LogP contribution in [0.25, 0.3) is 0 Å². The molecule has 6 nitrogen and oxygen atoms in total. The van der Waals surface area contributed by atoms with Crippen molar-refractivity contribution in [2.45, 2.75) is 31.1 Å². The summed E-state index contributed by atoms with van der Waals surface area (Å²) in [6.07, 6.45) is 2.41. The minimum Gasteiger partial charge on any atom is -0.266 e. The number of unbranched alkanes of at least 4 members (excludes halogenated alkanes) is 2. The van der Waals surface area contributed by atoms with E-state index in [1.165, 1.54) is 12.1 Å². The molecule has 1 aromatic rings. The third-order valence-corrected chi connectivity index (χ3v) is 4.02. The number of nitro benzene ring substituents is 1. The fourth-order valence-electron chi connectivity index (χ4n) is 1.38. The largest absolute Gasteiger partial charge is 0.297 e. The van der Waals surface area contributed by atoms with Gasteiger partial charge in [0.25, 0.3) is 15.8 Å². The summed E-state index contributed by atoms with van der Waals surface area (Å²) in [4.78, 5) is 9.68. The van der Waals surface area contributed by atoms with E-state index >= 15 is 0 Å².